The minimum absolute atomic E-state index is 0.195. The van der Waals surface area contributed by atoms with Gasteiger partial charge in [-0.1, -0.05) is 11.6 Å². The SMILES string of the molecule is Cc1ccc(OCCCCO)c([C@H](C)O)c1. The number of hydrogen-bond donors (Lipinski definition) is 2. The van der Waals surface area contributed by atoms with Gasteiger partial charge in [-0.05, 0) is 38.8 Å². The highest BCUT2D eigenvalue weighted by Gasteiger charge is 2.09. The Balaban J connectivity index is 2.64. The summed E-state index contributed by atoms with van der Waals surface area (Å²) in [5.41, 5.74) is 1.93. The van der Waals surface area contributed by atoms with Crippen molar-refractivity contribution in [2.45, 2.75) is 32.8 Å². The van der Waals surface area contributed by atoms with Gasteiger partial charge in [0.05, 0.1) is 12.7 Å². The molecule has 0 aromatic heterocycles. The zero-order valence-electron chi connectivity index (χ0n) is 9.94. The molecular formula is C13H20O3. The molecule has 3 heteroatoms. The molecule has 1 aromatic rings. The third kappa shape index (κ3) is 3.83. The minimum Gasteiger partial charge on any atom is -0.493 e. The van der Waals surface area contributed by atoms with E-state index in [1.807, 2.05) is 25.1 Å². The Morgan fingerprint density at radius 2 is 2.06 bits per heavy atom. The first-order valence-electron chi connectivity index (χ1n) is 5.67. The van der Waals surface area contributed by atoms with Crippen LogP contribution in [0.1, 0.15) is 37.0 Å². The lowest BCUT2D eigenvalue weighted by Gasteiger charge is -2.14. The molecule has 90 valence electrons. The number of unbranched alkanes of at least 4 members (excludes halogenated alkanes) is 1. The smallest absolute Gasteiger partial charge is 0.125 e. The number of aliphatic hydroxyl groups excluding tert-OH is 2. The molecule has 0 saturated carbocycles. The molecule has 0 aliphatic carbocycles. The van der Waals surface area contributed by atoms with Crippen molar-refractivity contribution in [2.24, 2.45) is 0 Å². The largest absolute Gasteiger partial charge is 0.493 e. The third-order valence-electron chi connectivity index (χ3n) is 2.43. The molecule has 0 spiro atoms. The van der Waals surface area contributed by atoms with Gasteiger partial charge in [0.15, 0.2) is 0 Å². The summed E-state index contributed by atoms with van der Waals surface area (Å²) in [5, 5.41) is 18.3. The first kappa shape index (κ1) is 13.0. The van der Waals surface area contributed by atoms with Crippen LogP contribution in [0.5, 0.6) is 5.75 Å². The average molecular weight is 224 g/mol. The van der Waals surface area contributed by atoms with Crippen LogP contribution in [0.4, 0.5) is 0 Å². The van der Waals surface area contributed by atoms with Crippen LogP contribution in [0.25, 0.3) is 0 Å². The van der Waals surface area contributed by atoms with Gasteiger partial charge < -0.3 is 14.9 Å². The Morgan fingerprint density at radius 1 is 1.31 bits per heavy atom. The van der Waals surface area contributed by atoms with Gasteiger partial charge in [-0.15, -0.1) is 0 Å². The number of rotatable bonds is 6. The van der Waals surface area contributed by atoms with Crippen molar-refractivity contribution in [3.05, 3.63) is 29.3 Å². The zero-order chi connectivity index (χ0) is 12.0. The molecule has 2 N–H and O–H groups in total. The summed E-state index contributed by atoms with van der Waals surface area (Å²) in [7, 11) is 0. The summed E-state index contributed by atoms with van der Waals surface area (Å²) in [5.74, 6) is 0.735. The fourth-order valence-corrected chi connectivity index (χ4v) is 1.52. The van der Waals surface area contributed by atoms with E-state index in [9.17, 15) is 5.11 Å². The predicted molar refractivity (Wildman–Crippen MR) is 63.6 cm³/mol. The number of benzene rings is 1. The van der Waals surface area contributed by atoms with Crippen LogP contribution in [-0.2, 0) is 0 Å². The summed E-state index contributed by atoms with van der Waals surface area (Å²) in [6, 6.07) is 5.79. The second-order valence-corrected chi connectivity index (χ2v) is 4.00. The van der Waals surface area contributed by atoms with Crippen LogP contribution >= 0.6 is 0 Å². The molecule has 0 aliphatic rings. The summed E-state index contributed by atoms with van der Waals surface area (Å²) >= 11 is 0. The molecule has 1 aromatic carbocycles. The third-order valence-corrected chi connectivity index (χ3v) is 2.43. The number of aryl methyl sites for hydroxylation is 1. The molecule has 0 amide bonds. The molecule has 0 heterocycles. The quantitative estimate of drug-likeness (QED) is 0.728. The molecule has 3 nitrogen and oxygen atoms in total. The normalized spacial score (nSPS) is 12.5. The Hall–Kier alpha value is -1.06. The maximum atomic E-state index is 9.61. The van der Waals surface area contributed by atoms with Gasteiger partial charge >= 0.3 is 0 Å². The summed E-state index contributed by atoms with van der Waals surface area (Å²) in [4.78, 5) is 0. The molecule has 0 aliphatic heterocycles. The minimum atomic E-state index is -0.521. The van der Waals surface area contributed by atoms with Crippen molar-refractivity contribution < 1.29 is 14.9 Å². The van der Waals surface area contributed by atoms with E-state index in [-0.39, 0.29) is 6.61 Å². The van der Waals surface area contributed by atoms with Crippen LogP contribution in [-0.4, -0.2) is 23.4 Å². The number of aliphatic hydroxyl groups is 2. The molecule has 0 fully saturated rings. The Kier molecular flexibility index (Phi) is 5.29. The van der Waals surface area contributed by atoms with Gasteiger partial charge in [0, 0.05) is 12.2 Å². The highest BCUT2D eigenvalue weighted by Crippen LogP contribution is 2.26. The van der Waals surface area contributed by atoms with Crippen LogP contribution in [0.3, 0.4) is 0 Å². The molecule has 0 saturated heterocycles. The molecule has 0 bridgehead atoms. The Labute approximate surface area is 96.7 Å². The lowest BCUT2D eigenvalue weighted by molar-refractivity contribution is 0.189. The van der Waals surface area contributed by atoms with E-state index < -0.39 is 6.10 Å². The van der Waals surface area contributed by atoms with Crippen molar-refractivity contribution in [3.63, 3.8) is 0 Å². The van der Waals surface area contributed by atoms with Crippen molar-refractivity contribution in [3.8, 4) is 5.75 Å². The highest BCUT2D eigenvalue weighted by atomic mass is 16.5. The van der Waals surface area contributed by atoms with Gasteiger partial charge in [-0.2, -0.15) is 0 Å². The maximum absolute atomic E-state index is 9.61. The molecule has 0 radical (unpaired) electrons. The monoisotopic (exact) mass is 224 g/mol. The number of hydrogen-bond acceptors (Lipinski definition) is 3. The molecule has 1 rings (SSSR count). The molecule has 16 heavy (non-hydrogen) atoms. The van der Waals surface area contributed by atoms with E-state index in [1.54, 1.807) is 6.92 Å². The van der Waals surface area contributed by atoms with Gasteiger partial charge in [0.25, 0.3) is 0 Å². The van der Waals surface area contributed by atoms with Crippen LogP contribution in [0.15, 0.2) is 18.2 Å². The fraction of sp³-hybridized carbons (Fsp3) is 0.538. The van der Waals surface area contributed by atoms with Gasteiger partial charge in [0.1, 0.15) is 5.75 Å². The summed E-state index contributed by atoms with van der Waals surface area (Å²) < 4.78 is 5.58. The lowest BCUT2D eigenvalue weighted by Crippen LogP contribution is -2.03. The van der Waals surface area contributed by atoms with E-state index in [2.05, 4.69) is 0 Å². The van der Waals surface area contributed by atoms with Gasteiger partial charge in [-0.25, -0.2) is 0 Å². The zero-order valence-corrected chi connectivity index (χ0v) is 9.94. The lowest BCUT2D eigenvalue weighted by atomic mass is 10.1. The van der Waals surface area contributed by atoms with Crippen LogP contribution in [0.2, 0.25) is 0 Å². The topological polar surface area (TPSA) is 49.7 Å². The fourth-order valence-electron chi connectivity index (χ4n) is 1.52. The van der Waals surface area contributed by atoms with E-state index in [4.69, 9.17) is 9.84 Å². The maximum Gasteiger partial charge on any atom is 0.125 e. The van der Waals surface area contributed by atoms with E-state index in [1.165, 1.54) is 0 Å². The van der Waals surface area contributed by atoms with Crippen LogP contribution in [0, 0.1) is 6.92 Å². The molecular weight excluding hydrogens is 204 g/mol. The average Bonchev–Trinajstić information content (AvgIpc) is 2.26. The highest BCUT2D eigenvalue weighted by molar-refractivity contribution is 5.38. The van der Waals surface area contributed by atoms with E-state index >= 15 is 0 Å². The second kappa shape index (κ2) is 6.51. The summed E-state index contributed by atoms with van der Waals surface area (Å²) in [6.45, 7) is 4.49. The standard InChI is InChI=1S/C13H20O3/c1-10-5-6-13(12(9-10)11(2)15)16-8-4-3-7-14/h5-6,9,11,14-15H,3-4,7-8H2,1-2H3/t11-/m0/s1. The van der Waals surface area contributed by atoms with E-state index in [0.717, 1.165) is 29.7 Å². The molecule has 0 unspecified atom stereocenters. The van der Waals surface area contributed by atoms with Gasteiger partial charge in [-0.3, -0.25) is 0 Å². The van der Waals surface area contributed by atoms with Crippen molar-refractivity contribution >= 4 is 0 Å². The Bertz CT molecular complexity index is 321. The van der Waals surface area contributed by atoms with Gasteiger partial charge in [0.2, 0.25) is 0 Å². The number of ether oxygens (including phenoxy) is 1. The molecule has 1 atom stereocenters. The van der Waals surface area contributed by atoms with Crippen molar-refractivity contribution in [2.75, 3.05) is 13.2 Å². The van der Waals surface area contributed by atoms with Crippen molar-refractivity contribution in [1.82, 2.24) is 0 Å². The first-order chi connectivity index (χ1) is 7.65. The predicted octanol–water partition coefficient (Wildman–Crippen LogP) is 2.20. The summed E-state index contributed by atoms with van der Waals surface area (Å²) in [6.07, 6.45) is 1.05. The second-order valence-electron chi connectivity index (χ2n) is 4.00. The first-order valence-corrected chi connectivity index (χ1v) is 5.67. The van der Waals surface area contributed by atoms with Crippen LogP contribution < -0.4 is 4.74 Å². The van der Waals surface area contributed by atoms with Crippen molar-refractivity contribution in [1.29, 1.82) is 0 Å². The van der Waals surface area contributed by atoms with E-state index in [0.29, 0.717) is 6.61 Å². The Morgan fingerprint density at radius 3 is 2.69 bits per heavy atom.